The van der Waals surface area contributed by atoms with Crippen molar-refractivity contribution in [3.8, 4) is 0 Å². The van der Waals surface area contributed by atoms with Crippen LogP contribution >= 0.6 is 23.2 Å². The average molecular weight is 363 g/mol. The van der Waals surface area contributed by atoms with Crippen molar-refractivity contribution in [2.45, 2.75) is 0 Å². The summed E-state index contributed by atoms with van der Waals surface area (Å²) in [5, 5.41) is 8.16. The highest BCUT2D eigenvalue weighted by molar-refractivity contribution is 6.31. The van der Waals surface area contributed by atoms with Crippen LogP contribution in [0.1, 0.15) is 20.7 Å². The molecule has 0 unspecified atom stereocenters. The molecular formula is C15H10Cl2F2O4. The standard InChI is InChI=1S/C8H6ClFO2.C7H4ClFO2/c1-12-8(11)5-2-3-7(10)6(9)4-5;8-5-3-4(7(10)11)1-2-6(5)9/h2-4H,1H3;1-3H,(H,10,11). The third-order valence-corrected chi connectivity index (χ3v) is 3.09. The second-order valence-electron chi connectivity index (χ2n) is 4.05. The van der Waals surface area contributed by atoms with Crippen LogP contribution in [0, 0.1) is 11.6 Å². The minimum absolute atomic E-state index is 0.0172. The first-order chi connectivity index (χ1) is 10.8. The summed E-state index contributed by atoms with van der Waals surface area (Å²) in [4.78, 5) is 21.2. The second-order valence-corrected chi connectivity index (χ2v) is 4.87. The Hall–Kier alpha value is -2.18. The molecule has 0 amide bonds. The Morgan fingerprint density at radius 1 is 0.957 bits per heavy atom. The molecule has 23 heavy (non-hydrogen) atoms. The van der Waals surface area contributed by atoms with Crippen molar-refractivity contribution < 1.29 is 28.2 Å². The van der Waals surface area contributed by atoms with Gasteiger partial charge in [0.1, 0.15) is 11.6 Å². The number of benzene rings is 2. The summed E-state index contributed by atoms with van der Waals surface area (Å²) in [5.41, 5.74) is 0.223. The fraction of sp³-hybridized carbons (Fsp3) is 0.0667. The highest BCUT2D eigenvalue weighted by Gasteiger charge is 2.07. The molecule has 0 aliphatic heterocycles. The van der Waals surface area contributed by atoms with Crippen molar-refractivity contribution in [3.63, 3.8) is 0 Å². The monoisotopic (exact) mass is 362 g/mol. The first kappa shape index (κ1) is 18.9. The molecule has 4 nitrogen and oxygen atoms in total. The van der Waals surface area contributed by atoms with E-state index in [1.165, 1.54) is 19.2 Å². The summed E-state index contributed by atoms with van der Waals surface area (Å²) in [7, 11) is 1.25. The number of carboxylic acids is 1. The quantitative estimate of drug-likeness (QED) is 0.802. The van der Waals surface area contributed by atoms with E-state index < -0.39 is 23.6 Å². The highest BCUT2D eigenvalue weighted by Crippen LogP contribution is 2.16. The lowest BCUT2D eigenvalue weighted by Gasteiger charge is -1.99. The van der Waals surface area contributed by atoms with Gasteiger partial charge in [-0.15, -0.1) is 0 Å². The summed E-state index contributed by atoms with van der Waals surface area (Å²) < 4.78 is 29.4. The molecule has 0 spiro atoms. The van der Waals surface area contributed by atoms with Crippen molar-refractivity contribution in [1.29, 1.82) is 0 Å². The Morgan fingerprint density at radius 2 is 1.39 bits per heavy atom. The topological polar surface area (TPSA) is 63.6 Å². The molecule has 0 heterocycles. The summed E-state index contributed by atoms with van der Waals surface area (Å²) in [6, 6.07) is 6.90. The fourth-order valence-electron chi connectivity index (χ4n) is 1.37. The third-order valence-electron chi connectivity index (χ3n) is 2.51. The number of carbonyl (C=O) groups excluding carboxylic acids is 1. The molecule has 1 N–H and O–H groups in total. The van der Waals surface area contributed by atoms with E-state index in [2.05, 4.69) is 4.74 Å². The zero-order chi connectivity index (χ0) is 17.6. The van der Waals surface area contributed by atoms with Gasteiger partial charge < -0.3 is 9.84 Å². The van der Waals surface area contributed by atoms with E-state index in [9.17, 15) is 18.4 Å². The largest absolute Gasteiger partial charge is 0.478 e. The molecule has 122 valence electrons. The van der Waals surface area contributed by atoms with E-state index in [0.717, 1.165) is 24.3 Å². The Morgan fingerprint density at radius 3 is 1.78 bits per heavy atom. The molecule has 0 fully saturated rings. The molecule has 0 atom stereocenters. The predicted molar refractivity (Wildman–Crippen MR) is 81.1 cm³/mol. The number of hydrogen-bond donors (Lipinski definition) is 1. The molecule has 0 bridgehead atoms. The van der Waals surface area contributed by atoms with Gasteiger partial charge in [0.25, 0.3) is 0 Å². The van der Waals surface area contributed by atoms with Crippen molar-refractivity contribution in [3.05, 3.63) is 69.2 Å². The predicted octanol–water partition coefficient (Wildman–Crippen LogP) is 4.44. The number of ether oxygens (including phenoxy) is 1. The normalized spacial score (nSPS) is 9.61. The van der Waals surface area contributed by atoms with E-state index in [0.29, 0.717) is 0 Å². The second kappa shape index (κ2) is 8.45. The minimum atomic E-state index is -1.12. The number of esters is 1. The zero-order valence-corrected chi connectivity index (χ0v) is 13.2. The molecule has 0 aliphatic rings. The molecule has 0 aromatic heterocycles. The smallest absolute Gasteiger partial charge is 0.337 e. The van der Waals surface area contributed by atoms with E-state index in [1.807, 2.05) is 0 Å². The van der Waals surface area contributed by atoms with Gasteiger partial charge in [-0.2, -0.15) is 0 Å². The van der Waals surface area contributed by atoms with Gasteiger partial charge in [-0.05, 0) is 36.4 Å². The molecule has 0 radical (unpaired) electrons. The van der Waals surface area contributed by atoms with Gasteiger partial charge in [0, 0.05) is 0 Å². The van der Waals surface area contributed by atoms with Gasteiger partial charge in [-0.1, -0.05) is 23.2 Å². The summed E-state index contributed by atoms with van der Waals surface area (Å²) >= 11 is 10.8. The van der Waals surface area contributed by atoms with Crippen LogP contribution in [0.25, 0.3) is 0 Å². The molecule has 0 saturated heterocycles. The molecule has 2 aromatic carbocycles. The molecule has 0 saturated carbocycles. The van der Waals surface area contributed by atoms with Crippen molar-refractivity contribution in [2.75, 3.05) is 7.11 Å². The lowest BCUT2D eigenvalue weighted by molar-refractivity contribution is 0.0599. The Labute approximate surface area is 140 Å². The number of hydrogen-bond acceptors (Lipinski definition) is 3. The Balaban J connectivity index is 0.000000231. The highest BCUT2D eigenvalue weighted by atomic mass is 35.5. The van der Waals surface area contributed by atoms with Crippen LogP contribution in [0.15, 0.2) is 36.4 Å². The maximum Gasteiger partial charge on any atom is 0.337 e. The van der Waals surface area contributed by atoms with Crippen molar-refractivity contribution in [1.82, 2.24) is 0 Å². The fourth-order valence-corrected chi connectivity index (χ4v) is 1.73. The molecule has 2 aromatic rings. The van der Waals surface area contributed by atoms with Crippen LogP contribution in [0.5, 0.6) is 0 Å². The number of carbonyl (C=O) groups is 2. The van der Waals surface area contributed by atoms with Crippen LogP contribution in [0.3, 0.4) is 0 Å². The van der Waals surface area contributed by atoms with E-state index in [-0.39, 0.29) is 21.2 Å². The zero-order valence-electron chi connectivity index (χ0n) is 11.6. The van der Waals surface area contributed by atoms with Gasteiger partial charge in [-0.3, -0.25) is 0 Å². The molecule has 8 heteroatoms. The van der Waals surface area contributed by atoms with E-state index in [1.54, 1.807) is 0 Å². The van der Waals surface area contributed by atoms with Gasteiger partial charge >= 0.3 is 11.9 Å². The lowest BCUT2D eigenvalue weighted by atomic mass is 10.2. The summed E-state index contributed by atoms with van der Waals surface area (Å²) in [6.45, 7) is 0. The molecule has 0 aliphatic carbocycles. The van der Waals surface area contributed by atoms with E-state index >= 15 is 0 Å². The lowest BCUT2D eigenvalue weighted by Crippen LogP contribution is -2.00. The number of methoxy groups -OCH3 is 1. The number of carboxylic acid groups (broad SMARTS) is 1. The van der Waals surface area contributed by atoms with Crippen LogP contribution in [-0.4, -0.2) is 24.2 Å². The van der Waals surface area contributed by atoms with Crippen LogP contribution in [-0.2, 0) is 4.74 Å². The number of aromatic carboxylic acids is 1. The van der Waals surface area contributed by atoms with Crippen molar-refractivity contribution in [2.24, 2.45) is 0 Å². The number of rotatable bonds is 2. The SMILES string of the molecule is COC(=O)c1ccc(F)c(Cl)c1.O=C(O)c1ccc(F)c(Cl)c1. The average Bonchev–Trinajstić information content (AvgIpc) is 2.52. The summed E-state index contributed by atoms with van der Waals surface area (Å²) in [6.07, 6.45) is 0. The van der Waals surface area contributed by atoms with Gasteiger partial charge in [0.05, 0.1) is 28.3 Å². The van der Waals surface area contributed by atoms with Gasteiger partial charge in [-0.25, -0.2) is 18.4 Å². The maximum absolute atomic E-state index is 12.6. The third kappa shape index (κ3) is 5.50. The number of halogens is 4. The van der Waals surface area contributed by atoms with Crippen LogP contribution < -0.4 is 0 Å². The first-order valence-electron chi connectivity index (χ1n) is 5.98. The molecule has 2 rings (SSSR count). The van der Waals surface area contributed by atoms with Gasteiger partial charge in [0.15, 0.2) is 0 Å². The first-order valence-corrected chi connectivity index (χ1v) is 6.73. The van der Waals surface area contributed by atoms with Crippen LogP contribution in [0.4, 0.5) is 8.78 Å². The maximum atomic E-state index is 12.6. The van der Waals surface area contributed by atoms with Crippen LogP contribution in [0.2, 0.25) is 10.0 Å². The molecular weight excluding hydrogens is 353 g/mol. The van der Waals surface area contributed by atoms with Gasteiger partial charge in [0.2, 0.25) is 0 Å². The Kier molecular flexibility index (Phi) is 6.93. The minimum Gasteiger partial charge on any atom is -0.478 e. The Bertz CT molecular complexity index is 735. The summed E-state index contributed by atoms with van der Waals surface area (Å²) in [5.74, 6) is -2.82. The van der Waals surface area contributed by atoms with Crippen molar-refractivity contribution >= 4 is 35.1 Å². The van der Waals surface area contributed by atoms with E-state index in [4.69, 9.17) is 28.3 Å².